The number of benzene rings is 2. The molecular formula is C21H20N2O4S. The van der Waals surface area contributed by atoms with E-state index in [9.17, 15) is 14.7 Å². The van der Waals surface area contributed by atoms with Crippen LogP contribution in [0.3, 0.4) is 0 Å². The first-order valence-corrected chi connectivity index (χ1v) is 9.62. The van der Waals surface area contributed by atoms with Crippen molar-refractivity contribution in [1.29, 1.82) is 0 Å². The molecule has 1 aliphatic rings. The predicted molar refractivity (Wildman–Crippen MR) is 111 cm³/mol. The van der Waals surface area contributed by atoms with Gasteiger partial charge >= 0.3 is 5.97 Å². The van der Waals surface area contributed by atoms with Gasteiger partial charge in [-0.05, 0) is 54.9 Å². The monoisotopic (exact) mass is 396 g/mol. The Labute approximate surface area is 167 Å². The second-order valence-electron chi connectivity index (χ2n) is 6.21. The summed E-state index contributed by atoms with van der Waals surface area (Å²) in [7, 11) is 0. The fourth-order valence-corrected chi connectivity index (χ4v) is 3.44. The molecule has 3 rings (SSSR count). The Morgan fingerprint density at radius 1 is 1.29 bits per heavy atom. The lowest BCUT2D eigenvalue weighted by Gasteiger charge is -2.15. The van der Waals surface area contributed by atoms with E-state index in [2.05, 4.69) is 10.3 Å². The standard InChI is InChI=1S/C21H20N2O4S/c1-3-16(20(25)26)27-17-10-5-4-8-14(17)12-18-19(24)23-21(28-18)22-15-9-6-7-13(2)11-15/h4-12,16H,3H2,1-2H3,(H,25,26)(H,22,23,24)/b18-12+. The summed E-state index contributed by atoms with van der Waals surface area (Å²) in [5.41, 5.74) is 2.48. The van der Waals surface area contributed by atoms with Crippen molar-refractivity contribution >= 4 is 40.6 Å². The van der Waals surface area contributed by atoms with Gasteiger partial charge in [-0.15, -0.1) is 0 Å². The third-order valence-corrected chi connectivity index (χ3v) is 4.91. The van der Waals surface area contributed by atoms with Crippen molar-refractivity contribution in [1.82, 2.24) is 5.32 Å². The van der Waals surface area contributed by atoms with Gasteiger partial charge in [0, 0.05) is 5.56 Å². The van der Waals surface area contributed by atoms with Crippen molar-refractivity contribution in [3.05, 3.63) is 64.6 Å². The molecule has 0 aromatic heterocycles. The van der Waals surface area contributed by atoms with Crippen LogP contribution in [-0.4, -0.2) is 28.3 Å². The van der Waals surface area contributed by atoms with Crippen LogP contribution in [-0.2, 0) is 9.59 Å². The van der Waals surface area contributed by atoms with Crippen LogP contribution in [0, 0.1) is 6.92 Å². The maximum atomic E-state index is 12.3. The van der Waals surface area contributed by atoms with Crippen molar-refractivity contribution in [2.24, 2.45) is 4.99 Å². The van der Waals surface area contributed by atoms with E-state index >= 15 is 0 Å². The number of rotatable bonds is 6. The Kier molecular flexibility index (Phi) is 6.16. The molecule has 0 aliphatic carbocycles. The number of ether oxygens (including phenoxy) is 1. The number of carbonyl (C=O) groups excluding carboxylic acids is 1. The van der Waals surface area contributed by atoms with Gasteiger partial charge in [-0.1, -0.05) is 37.3 Å². The van der Waals surface area contributed by atoms with E-state index in [4.69, 9.17) is 4.74 Å². The molecule has 1 aliphatic heterocycles. The fourth-order valence-electron chi connectivity index (χ4n) is 2.61. The number of amides is 1. The number of nitrogens with zero attached hydrogens (tertiary/aromatic N) is 1. The molecule has 1 heterocycles. The van der Waals surface area contributed by atoms with Crippen LogP contribution in [0.1, 0.15) is 24.5 Å². The highest BCUT2D eigenvalue weighted by molar-refractivity contribution is 8.18. The van der Waals surface area contributed by atoms with E-state index < -0.39 is 12.1 Å². The molecule has 2 aromatic carbocycles. The Morgan fingerprint density at radius 3 is 2.79 bits per heavy atom. The summed E-state index contributed by atoms with van der Waals surface area (Å²) in [5, 5.41) is 12.5. The van der Waals surface area contributed by atoms with Crippen LogP contribution >= 0.6 is 11.8 Å². The number of carboxylic acid groups (broad SMARTS) is 1. The zero-order chi connectivity index (χ0) is 20.1. The molecule has 7 heteroatoms. The zero-order valence-electron chi connectivity index (χ0n) is 15.5. The van der Waals surface area contributed by atoms with Gasteiger partial charge in [-0.2, -0.15) is 0 Å². The lowest BCUT2D eigenvalue weighted by atomic mass is 10.1. The van der Waals surface area contributed by atoms with Crippen LogP contribution in [0.25, 0.3) is 6.08 Å². The van der Waals surface area contributed by atoms with Gasteiger partial charge in [0.05, 0.1) is 10.6 Å². The number of amidine groups is 1. The Balaban J connectivity index is 1.84. The summed E-state index contributed by atoms with van der Waals surface area (Å²) in [6.07, 6.45) is 1.08. The van der Waals surface area contributed by atoms with Gasteiger partial charge in [0.25, 0.3) is 5.91 Å². The smallest absolute Gasteiger partial charge is 0.344 e. The van der Waals surface area contributed by atoms with Crippen molar-refractivity contribution < 1.29 is 19.4 Å². The molecular weight excluding hydrogens is 376 g/mol. The van der Waals surface area contributed by atoms with Crippen molar-refractivity contribution in [2.45, 2.75) is 26.4 Å². The van der Waals surface area contributed by atoms with Gasteiger partial charge in [-0.25, -0.2) is 9.79 Å². The molecule has 1 saturated heterocycles. The minimum absolute atomic E-state index is 0.253. The predicted octanol–water partition coefficient (Wildman–Crippen LogP) is 4.13. The van der Waals surface area contributed by atoms with Gasteiger partial charge in [-0.3, -0.25) is 4.79 Å². The minimum Gasteiger partial charge on any atom is -0.479 e. The van der Waals surface area contributed by atoms with Crippen molar-refractivity contribution in [3.63, 3.8) is 0 Å². The maximum absolute atomic E-state index is 12.3. The Bertz CT molecular complexity index is 968. The van der Waals surface area contributed by atoms with Gasteiger partial charge in [0.2, 0.25) is 0 Å². The average Bonchev–Trinajstić information content (AvgIpc) is 2.99. The van der Waals surface area contributed by atoms with E-state index in [1.54, 1.807) is 37.3 Å². The molecule has 0 spiro atoms. The molecule has 0 bridgehead atoms. The first-order valence-electron chi connectivity index (χ1n) is 8.81. The molecule has 144 valence electrons. The maximum Gasteiger partial charge on any atom is 0.344 e. The molecule has 1 amide bonds. The molecule has 1 unspecified atom stereocenters. The van der Waals surface area contributed by atoms with Crippen LogP contribution in [0.5, 0.6) is 5.75 Å². The summed E-state index contributed by atoms with van der Waals surface area (Å²) >= 11 is 1.23. The highest BCUT2D eigenvalue weighted by Crippen LogP contribution is 2.31. The number of hydrogen-bond acceptors (Lipinski definition) is 5. The second kappa shape index (κ2) is 8.75. The lowest BCUT2D eigenvalue weighted by Crippen LogP contribution is -2.26. The van der Waals surface area contributed by atoms with Gasteiger partial charge < -0.3 is 15.2 Å². The van der Waals surface area contributed by atoms with Crippen molar-refractivity contribution in [3.8, 4) is 5.75 Å². The largest absolute Gasteiger partial charge is 0.479 e. The quantitative estimate of drug-likeness (QED) is 0.717. The number of aryl methyl sites for hydroxylation is 1. The van der Waals surface area contributed by atoms with E-state index in [1.165, 1.54) is 11.8 Å². The Morgan fingerprint density at radius 2 is 2.07 bits per heavy atom. The van der Waals surface area contributed by atoms with Crippen molar-refractivity contribution in [2.75, 3.05) is 0 Å². The van der Waals surface area contributed by atoms with Crippen LogP contribution in [0.15, 0.2) is 58.4 Å². The first kappa shape index (κ1) is 19.7. The number of hydrogen-bond donors (Lipinski definition) is 2. The SMILES string of the molecule is CCC(Oc1ccccc1/C=C1/SC(=Nc2cccc(C)c2)NC1=O)C(=O)O. The fraction of sp³-hybridized carbons (Fsp3) is 0.190. The van der Waals surface area contributed by atoms with Crippen LogP contribution < -0.4 is 10.1 Å². The first-order chi connectivity index (χ1) is 13.5. The highest BCUT2D eigenvalue weighted by Gasteiger charge is 2.25. The third-order valence-electron chi connectivity index (χ3n) is 4.00. The minimum atomic E-state index is -1.02. The summed E-state index contributed by atoms with van der Waals surface area (Å²) in [4.78, 5) is 28.5. The molecule has 1 fully saturated rings. The lowest BCUT2D eigenvalue weighted by molar-refractivity contribution is -0.145. The number of para-hydroxylation sites is 1. The van der Waals surface area contributed by atoms with E-state index in [0.29, 0.717) is 27.8 Å². The van der Waals surface area contributed by atoms with Crippen LogP contribution in [0.2, 0.25) is 0 Å². The second-order valence-corrected chi connectivity index (χ2v) is 7.24. The molecule has 2 N–H and O–H groups in total. The van der Waals surface area contributed by atoms with E-state index in [0.717, 1.165) is 11.3 Å². The van der Waals surface area contributed by atoms with Gasteiger partial charge in [0.15, 0.2) is 11.3 Å². The van der Waals surface area contributed by atoms with Crippen LogP contribution in [0.4, 0.5) is 5.69 Å². The summed E-state index contributed by atoms with van der Waals surface area (Å²) in [6.45, 7) is 3.72. The summed E-state index contributed by atoms with van der Waals surface area (Å²) in [5.74, 6) is -0.858. The van der Waals surface area contributed by atoms with E-state index in [1.807, 2.05) is 31.2 Å². The summed E-state index contributed by atoms with van der Waals surface area (Å²) < 4.78 is 5.62. The zero-order valence-corrected chi connectivity index (χ0v) is 16.3. The Hall–Kier alpha value is -3.06. The molecule has 6 nitrogen and oxygen atoms in total. The molecule has 0 saturated carbocycles. The number of thioether (sulfide) groups is 1. The van der Waals surface area contributed by atoms with E-state index in [-0.39, 0.29) is 5.91 Å². The normalized spacial score (nSPS) is 17.6. The number of carboxylic acids is 1. The molecule has 28 heavy (non-hydrogen) atoms. The van der Waals surface area contributed by atoms with Gasteiger partial charge in [0.1, 0.15) is 5.75 Å². The number of aliphatic carboxylic acids is 1. The molecule has 2 aromatic rings. The summed E-state index contributed by atoms with van der Waals surface area (Å²) in [6, 6.07) is 14.7. The number of carbonyl (C=O) groups is 2. The average molecular weight is 396 g/mol. The topological polar surface area (TPSA) is 88.0 Å². The molecule has 1 atom stereocenters. The molecule has 0 radical (unpaired) electrons. The highest BCUT2D eigenvalue weighted by atomic mass is 32.2. The number of nitrogens with one attached hydrogen (secondary N) is 1. The number of aliphatic imine (C=N–C) groups is 1. The third kappa shape index (κ3) is 4.80.